The molecule has 0 aliphatic carbocycles. The molecule has 0 spiro atoms. The number of hydrogen-bond acceptors (Lipinski definition) is 3. The zero-order chi connectivity index (χ0) is 16.2. The highest BCUT2D eigenvalue weighted by atomic mass is 127. The van der Waals surface area contributed by atoms with Crippen LogP contribution in [0.15, 0.2) is 17.1 Å². The minimum atomic E-state index is -0.819. The minimum absolute atomic E-state index is 0. The van der Waals surface area contributed by atoms with E-state index in [1.165, 1.54) is 6.42 Å². The Morgan fingerprint density at radius 3 is 2.57 bits per heavy atom. The molecule has 23 heavy (non-hydrogen) atoms. The quantitative estimate of drug-likeness (QED) is 0.304. The van der Waals surface area contributed by atoms with Crippen LogP contribution in [0.5, 0.6) is 0 Å². The maximum absolute atomic E-state index is 12.1. The topological polar surface area (TPSA) is 47.9 Å². The molecule has 0 aromatic carbocycles. The van der Waals surface area contributed by atoms with Gasteiger partial charge >= 0.3 is 0 Å². The van der Waals surface area contributed by atoms with Gasteiger partial charge in [-0.3, -0.25) is 14.1 Å². The molecule has 2 aliphatic rings. The van der Waals surface area contributed by atoms with Crippen LogP contribution in [0.2, 0.25) is 0 Å². The van der Waals surface area contributed by atoms with E-state index in [4.69, 9.17) is 0 Å². The van der Waals surface area contributed by atoms with Gasteiger partial charge in [-0.25, -0.2) is 0 Å². The third kappa shape index (κ3) is 6.01. The number of hydrogen-bond donors (Lipinski definition) is 1. The lowest BCUT2D eigenvalue weighted by Gasteiger charge is -2.25. The van der Waals surface area contributed by atoms with Crippen LogP contribution in [-0.2, 0) is 10.8 Å². The predicted octanol–water partition coefficient (Wildman–Crippen LogP) is 1.67. The highest BCUT2D eigenvalue weighted by Gasteiger charge is 2.29. The molecule has 0 aromatic rings. The molecule has 0 aromatic heterocycles. The SMILES string of the molecule is CN=C(NCCS(=O)C(C)(C)C)N1CCC(N2CC=CC2)C1.I. The third-order valence-electron chi connectivity index (χ3n) is 4.29. The zero-order valence-corrected chi connectivity index (χ0v) is 17.9. The fourth-order valence-electron chi connectivity index (χ4n) is 2.92. The second-order valence-corrected chi connectivity index (χ2v) is 9.27. The molecule has 1 fully saturated rings. The van der Waals surface area contributed by atoms with E-state index in [1.807, 2.05) is 27.8 Å². The summed E-state index contributed by atoms with van der Waals surface area (Å²) in [6.45, 7) is 11.0. The molecule has 2 atom stereocenters. The minimum Gasteiger partial charge on any atom is -0.355 e. The van der Waals surface area contributed by atoms with Crippen molar-refractivity contribution in [2.24, 2.45) is 4.99 Å². The number of nitrogens with one attached hydrogen (secondary N) is 1. The van der Waals surface area contributed by atoms with E-state index >= 15 is 0 Å². The van der Waals surface area contributed by atoms with Crippen molar-refractivity contribution in [2.75, 3.05) is 45.5 Å². The molecule has 0 bridgehead atoms. The number of nitrogens with zero attached hydrogens (tertiary/aromatic N) is 3. The van der Waals surface area contributed by atoms with Crippen LogP contribution in [0.25, 0.3) is 0 Å². The monoisotopic (exact) mass is 454 g/mol. The largest absolute Gasteiger partial charge is 0.355 e. The normalized spacial score (nSPS) is 23.9. The first-order valence-corrected chi connectivity index (χ1v) is 9.47. The Morgan fingerprint density at radius 1 is 1.35 bits per heavy atom. The summed E-state index contributed by atoms with van der Waals surface area (Å²) in [4.78, 5) is 9.23. The molecule has 1 N–H and O–H groups in total. The van der Waals surface area contributed by atoms with E-state index < -0.39 is 10.8 Å². The molecule has 0 radical (unpaired) electrons. The van der Waals surface area contributed by atoms with Gasteiger partial charge in [-0.15, -0.1) is 24.0 Å². The van der Waals surface area contributed by atoms with Gasteiger partial charge in [-0.2, -0.15) is 0 Å². The van der Waals surface area contributed by atoms with Gasteiger partial charge in [0.2, 0.25) is 0 Å². The van der Waals surface area contributed by atoms with Gasteiger partial charge in [0.15, 0.2) is 5.96 Å². The average Bonchev–Trinajstić information content (AvgIpc) is 3.12. The van der Waals surface area contributed by atoms with Crippen LogP contribution in [0.1, 0.15) is 27.2 Å². The van der Waals surface area contributed by atoms with Gasteiger partial charge in [0.05, 0.1) is 0 Å². The molecule has 2 unspecified atom stereocenters. The van der Waals surface area contributed by atoms with Crippen LogP contribution in [0.3, 0.4) is 0 Å². The van der Waals surface area contributed by atoms with Crippen molar-refractivity contribution in [3.63, 3.8) is 0 Å². The number of aliphatic imine (C=N–C) groups is 1. The van der Waals surface area contributed by atoms with Crippen molar-refractivity contribution in [1.82, 2.24) is 15.1 Å². The summed E-state index contributed by atoms with van der Waals surface area (Å²) in [5.74, 6) is 1.61. The second kappa shape index (κ2) is 9.36. The average molecular weight is 454 g/mol. The third-order valence-corrected chi connectivity index (χ3v) is 6.23. The van der Waals surface area contributed by atoms with Gasteiger partial charge in [-0.05, 0) is 27.2 Å². The first kappa shape index (κ1) is 20.9. The molecule has 7 heteroatoms. The van der Waals surface area contributed by atoms with E-state index in [9.17, 15) is 4.21 Å². The van der Waals surface area contributed by atoms with Gasteiger partial charge in [-0.1, -0.05) is 12.2 Å². The summed E-state index contributed by atoms with van der Waals surface area (Å²) in [7, 11) is 1.01. The fraction of sp³-hybridized carbons (Fsp3) is 0.812. The smallest absolute Gasteiger partial charge is 0.193 e. The lowest BCUT2D eigenvalue weighted by atomic mass is 10.2. The Morgan fingerprint density at radius 2 is 2.00 bits per heavy atom. The number of rotatable bonds is 4. The molecule has 5 nitrogen and oxygen atoms in total. The van der Waals surface area contributed by atoms with Gasteiger partial charge < -0.3 is 10.2 Å². The lowest BCUT2D eigenvalue weighted by Crippen LogP contribution is -2.44. The number of guanidine groups is 1. The first-order valence-electron chi connectivity index (χ1n) is 8.15. The summed E-state index contributed by atoms with van der Waals surface area (Å²) in [6, 6.07) is 0.622. The highest BCUT2D eigenvalue weighted by Crippen LogP contribution is 2.18. The van der Waals surface area contributed by atoms with E-state index in [-0.39, 0.29) is 28.7 Å². The van der Waals surface area contributed by atoms with Crippen molar-refractivity contribution < 1.29 is 4.21 Å². The summed E-state index contributed by atoms with van der Waals surface area (Å²) >= 11 is 0. The number of halogens is 1. The van der Waals surface area contributed by atoms with Crippen molar-refractivity contribution in [3.8, 4) is 0 Å². The maximum Gasteiger partial charge on any atom is 0.193 e. The van der Waals surface area contributed by atoms with Crippen molar-refractivity contribution in [2.45, 2.75) is 38.0 Å². The Bertz CT molecular complexity index is 453. The highest BCUT2D eigenvalue weighted by molar-refractivity contribution is 14.0. The molecule has 134 valence electrons. The lowest BCUT2D eigenvalue weighted by molar-refractivity contribution is 0.259. The molecule has 0 amide bonds. The van der Waals surface area contributed by atoms with Crippen LogP contribution >= 0.6 is 24.0 Å². The van der Waals surface area contributed by atoms with Crippen molar-refractivity contribution in [3.05, 3.63) is 12.2 Å². The molecular weight excluding hydrogens is 423 g/mol. The first-order chi connectivity index (χ1) is 10.4. The van der Waals surface area contributed by atoms with Crippen LogP contribution in [-0.4, -0.2) is 76.3 Å². The Kier molecular flexibility index (Phi) is 8.51. The molecular formula is C16H31IN4OS. The molecule has 2 rings (SSSR count). The zero-order valence-electron chi connectivity index (χ0n) is 14.7. The van der Waals surface area contributed by atoms with Crippen LogP contribution in [0.4, 0.5) is 0 Å². The van der Waals surface area contributed by atoms with E-state index in [1.54, 1.807) is 0 Å². The van der Waals surface area contributed by atoms with Gasteiger partial charge in [0, 0.05) is 67.1 Å². The Labute approximate surface area is 160 Å². The van der Waals surface area contributed by atoms with Gasteiger partial charge in [0.1, 0.15) is 0 Å². The van der Waals surface area contributed by atoms with Crippen molar-refractivity contribution in [1.29, 1.82) is 0 Å². The molecule has 0 saturated carbocycles. The second-order valence-electron chi connectivity index (χ2n) is 6.95. The Balaban J connectivity index is 0.00000264. The maximum atomic E-state index is 12.1. The summed E-state index contributed by atoms with van der Waals surface area (Å²) in [5.41, 5.74) is 0. The van der Waals surface area contributed by atoms with Crippen molar-refractivity contribution >= 4 is 40.7 Å². The number of likely N-dealkylation sites (tertiary alicyclic amines) is 1. The Hall–Kier alpha value is -0.150. The van der Waals surface area contributed by atoms with E-state index in [0.717, 1.165) is 32.1 Å². The van der Waals surface area contributed by atoms with E-state index in [2.05, 4.69) is 32.3 Å². The predicted molar refractivity (Wildman–Crippen MR) is 110 cm³/mol. The molecule has 1 saturated heterocycles. The van der Waals surface area contributed by atoms with E-state index in [0.29, 0.717) is 18.3 Å². The fourth-order valence-corrected chi connectivity index (χ4v) is 3.82. The summed E-state index contributed by atoms with van der Waals surface area (Å²) in [5, 5.41) is 3.37. The standard InChI is InChI=1S/C16H30N4OS.HI/c1-16(2,3)22(21)12-8-18-15(17-4)20-11-7-14(13-20)19-9-5-6-10-19;/h5-6,14H,7-13H2,1-4H3,(H,17,18);1H. The summed E-state index contributed by atoms with van der Waals surface area (Å²) in [6.07, 6.45) is 5.69. The summed E-state index contributed by atoms with van der Waals surface area (Å²) < 4.78 is 11.9. The van der Waals surface area contributed by atoms with Gasteiger partial charge in [0.25, 0.3) is 0 Å². The molecule has 2 heterocycles. The molecule has 2 aliphatic heterocycles. The van der Waals surface area contributed by atoms with Crippen LogP contribution in [0, 0.1) is 0 Å². The van der Waals surface area contributed by atoms with Crippen LogP contribution < -0.4 is 5.32 Å².